The molecule has 0 radical (unpaired) electrons. The summed E-state index contributed by atoms with van der Waals surface area (Å²) >= 11 is 0. The lowest BCUT2D eigenvalue weighted by atomic mass is 10.3. The van der Waals surface area contributed by atoms with Crippen LogP contribution < -0.4 is 5.32 Å². The Hall–Kier alpha value is -1.55. The van der Waals surface area contributed by atoms with Crippen LogP contribution in [0.1, 0.15) is 5.76 Å². The summed E-state index contributed by atoms with van der Waals surface area (Å²) in [6, 6.07) is 3.70. The van der Waals surface area contributed by atoms with Gasteiger partial charge in [0.15, 0.2) is 0 Å². The molecule has 1 aromatic heterocycles. The fraction of sp³-hybridized carbons (Fsp3) is 0.300. The van der Waals surface area contributed by atoms with Gasteiger partial charge in [0.2, 0.25) is 5.91 Å². The third-order valence-electron chi connectivity index (χ3n) is 2.26. The van der Waals surface area contributed by atoms with E-state index in [-0.39, 0.29) is 12.1 Å². The Morgan fingerprint density at radius 3 is 3.14 bits per heavy atom. The van der Waals surface area contributed by atoms with Gasteiger partial charge in [-0.3, -0.25) is 10.1 Å². The van der Waals surface area contributed by atoms with Gasteiger partial charge in [0, 0.05) is 7.05 Å². The molecule has 4 heteroatoms. The van der Waals surface area contributed by atoms with Crippen molar-refractivity contribution in [3.8, 4) is 0 Å². The summed E-state index contributed by atoms with van der Waals surface area (Å²) in [4.78, 5) is 12.8. The summed E-state index contributed by atoms with van der Waals surface area (Å²) in [7, 11) is 1.78. The average Bonchev–Trinajstić information content (AvgIpc) is 2.77. The Balaban J connectivity index is 2.01. The molecule has 1 saturated heterocycles. The van der Waals surface area contributed by atoms with Gasteiger partial charge in [-0.05, 0) is 24.3 Å². The van der Waals surface area contributed by atoms with E-state index in [2.05, 4.69) is 5.32 Å². The normalized spacial score (nSPS) is 22.5. The molecule has 1 amide bonds. The van der Waals surface area contributed by atoms with E-state index < -0.39 is 0 Å². The number of carbonyl (C=O) groups excluding carboxylic acids is 1. The third-order valence-corrected chi connectivity index (χ3v) is 2.26. The van der Waals surface area contributed by atoms with Crippen LogP contribution in [0.5, 0.6) is 0 Å². The Morgan fingerprint density at radius 2 is 2.57 bits per heavy atom. The fourth-order valence-corrected chi connectivity index (χ4v) is 1.38. The molecule has 14 heavy (non-hydrogen) atoms. The minimum atomic E-state index is -0.0207. The highest BCUT2D eigenvalue weighted by Crippen LogP contribution is 2.07. The molecule has 0 spiro atoms. The molecule has 0 aliphatic carbocycles. The largest absolute Gasteiger partial charge is 0.465 e. The lowest BCUT2D eigenvalue weighted by molar-refractivity contribution is -0.126. The molecule has 1 atom stereocenters. The molecule has 1 aliphatic heterocycles. The number of furan rings is 1. The Morgan fingerprint density at radius 1 is 1.71 bits per heavy atom. The predicted molar refractivity (Wildman–Crippen MR) is 52.3 cm³/mol. The van der Waals surface area contributed by atoms with Gasteiger partial charge in [-0.15, -0.1) is 0 Å². The van der Waals surface area contributed by atoms with Crippen molar-refractivity contribution in [2.24, 2.45) is 0 Å². The van der Waals surface area contributed by atoms with Gasteiger partial charge < -0.3 is 9.32 Å². The topological polar surface area (TPSA) is 45.5 Å². The summed E-state index contributed by atoms with van der Waals surface area (Å²) in [5, 5.41) is 3.07. The fourth-order valence-electron chi connectivity index (χ4n) is 1.38. The van der Waals surface area contributed by atoms with Gasteiger partial charge >= 0.3 is 0 Å². The zero-order valence-electron chi connectivity index (χ0n) is 7.93. The molecule has 4 nitrogen and oxygen atoms in total. The molecule has 2 heterocycles. The standard InChI is InChI=1S/C10H12N2O2/c1-12-9(11-7-10(12)13)5-4-8-3-2-6-14-8/h2-6,9,11H,7H2,1H3/b5-4+. The van der Waals surface area contributed by atoms with Gasteiger partial charge in [-0.25, -0.2) is 0 Å². The minimum Gasteiger partial charge on any atom is -0.465 e. The molecule has 1 fully saturated rings. The van der Waals surface area contributed by atoms with Crippen LogP contribution in [0, 0.1) is 0 Å². The molecular formula is C10H12N2O2. The van der Waals surface area contributed by atoms with Crippen molar-refractivity contribution >= 4 is 12.0 Å². The first-order valence-electron chi connectivity index (χ1n) is 4.48. The van der Waals surface area contributed by atoms with Gasteiger partial charge in [0.1, 0.15) is 11.9 Å². The van der Waals surface area contributed by atoms with Crippen LogP contribution in [0.25, 0.3) is 6.08 Å². The second kappa shape index (κ2) is 3.67. The van der Waals surface area contributed by atoms with Crippen LogP contribution in [-0.2, 0) is 4.79 Å². The van der Waals surface area contributed by atoms with Crippen LogP contribution in [0.2, 0.25) is 0 Å². The zero-order valence-corrected chi connectivity index (χ0v) is 7.93. The summed E-state index contributed by atoms with van der Waals surface area (Å²) < 4.78 is 5.14. The van der Waals surface area contributed by atoms with Crippen molar-refractivity contribution in [1.82, 2.24) is 10.2 Å². The van der Waals surface area contributed by atoms with Crippen LogP contribution in [0.3, 0.4) is 0 Å². The number of nitrogens with zero attached hydrogens (tertiary/aromatic N) is 1. The van der Waals surface area contributed by atoms with Crippen LogP contribution in [0.4, 0.5) is 0 Å². The predicted octanol–water partition coefficient (Wildman–Crippen LogP) is 0.680. The molecule has 0 bridgehead atoms. The molecule has 1 aromatic rings. The van der Waals surface area contributed by atoms with Crippen molar-refractivity contribution in [3.63, 3.8) is 0 Å². The minimum absolute atomic E-state index is 0.0207. The van der Waals surface area contributed by atoms with Crippen molar-refractivity contribution in [1.29, 1.82) is 0 Å². The van der Waals surface area contributed by atoms with Gasteiger partial charge in [-0.1, -0.05) is 0 Å². The molecule has 0 aromatic carbocycles. The smallest absolute Gasteiger partial charge is 0.237 e. The van der Waals surface area contributed by atoms with E-state index in [1.54, 1.807) is 18.2 Å². The summed E-state index contributed by atoms with van der Waals surface area (Å²) in [6.45, 7) is 0.406. The second-order valence-corrected chi connectivity index (χ2v) is 3.20. The number of rotatable bonds is 2. The Bertz CT molecular complexity index is 343. The van der Waals surface area contributed by atoms with Gasteiger partial charge in [0.05, 0.1) is 12.8 Å². The first-order valence-corrected chi connectivity index (χ1v) is 4.48. The zero-order chi connectivity index (χ0) is 9.97. The Labute approximate surface area is 82.2 Å². The summed E-state index contributed by atoms with van der Waals surface area (Å²) in [5.41, 5.74) is 0. The van der Waals surface area contributed by atoms with Crippen molar-refractivity contribution < 1.29 is 9.21 Å². The lowest BCUT2D eigenvalue weighted by Crippen LogP contribution is -2.31. The number of amides is 1. The van der Waals surface area contributed by atoms with Crippen LogP contribution in [0.15, 0.2) is 28.9 Å². The first kappa shape index (κ1) is 9.02. The maximum atomic E-state index is 11.2. The number of hydrogen-bond acceptors (Lipinski definition) is 3. The molecule has 1 N–H and O–H groups in total. The van der Waals surface area contributed by atoms with E-state index >= 15 is 0 Å². The maximum Gasteiger partial charge on any atom is 0.237 e. The monoisotopic (exact) mass is 192 g/mol. The Kier molecular flexibility index (Phi) is 2.37. The van der Waals surface area contributed by atoms with E-state index in [0.717, 1.165) is 5.76 Å². The van der Waals surface area contributed by atoms with E-state index in [1.807, 2.05) is 24.3 Å². The van der Waals surface area contributed by atoms with Gasteiger partial charge in [0.25, 0.3) is 0 Å². The third kappa shape index (κ3) is 1.70. The SMILES string of the molecule is CN1C(=O)CNC1/C=C/c1ccco1. The van der Waals surface area contributed by atoms with Crippen molar-refractivity contribution in [2.45, 2.75) is 6.17 Å². The van der Waals surface area contributed by atoms with Crippen LogP contribution >= 0.6 is 0 Å². The number of likely N-dealkylation sites (N-methyl/N-ethyl adjacent to an activating group) is 1. The highest BCUT2D eigenvalue weighted by molar-refractivity contribution is 5.80. The molecule has 2 rings (SSSR count). The van der Waals surface area contributed by atoms with E-state index in [9.17, 15) is 4.79 Å². The molecule has 1 unspecified atom stereocenters. The van der Waals surface area contributed by atoms with E-state index in [0.29, 0.717) is 6.54 Å². The highest BCUT2D eigenvalue weighted by atomic mass is 16.3. The van der Waals surface area contributed by atoms with Gasteiger partial charge in [-0.2, -0.15) is 0 Å². The summed E-state index contributed by atoms with van der Waals surface area (Å²) in [6.07, 6.45) is 5.36. The van der Waals surface area contributed by atoms with Crippen molar-refractivity contribution in [2.75, 3.05) is 13.6 Å². The maximum absolute atomic E-state index is 11.2. The van der Waals surface area contributed by atoms with E-state index in [4.69, 9.17) is 4.42 Å². The molecular weight excluding hydrogens is 180 g/mol. The quantitative estimate of drug-likeness (QED) is 0.749. The average molecular weight is 192 g/mol. The van der Waals surface area contributed by atoms with Crippen LogP contribution in [-0.4, -0.2) is 30.6 Å². The lowest BCUT2D eigenvalue weighted by Gasteiger charge is -2.14. The van der Waals surface area contributed by atoms with E-state index in [1.165, 1.54) is 0 Å². The molecule has 74 valence electrons. The molecule has 1 aliphatic rings. The van der Waals surface area contributed by atoms with Crippen molar-refractivity contribution in [3.05, 3.63) is 30.2 Å². The molecule has 0 saturated carbocycles. The number of nitrogens with one attached hydrogen (secondary N) is 1. The number of hydrogen-bond donors (Lipinski definition) is 1. The number of carbonyl (C=O) groups is 1. The highest BCUT2D eigenvalue weighted by Gasteiger charge is 2.24. The first-order chi connectivity index (χ1) is 6.77. The second-order valence-electron chi connectivity index (χ2n) is 3.20. The summed E-state index contributed by atoms with van der Waals surface area (Å²) in [5.74, 6) is 0.902.